The molecule has 4 nitrogen and oxygen atoms in total. The number of thiophene rings is 1. The molecule has 0 aliphatic rings. The van der Waals surface area contributed by atoms with E-state index in [0.717, 1.165) is 44.2 Å². The van der Waals surface area contributed by atoms with E-state index in [9.17, 15) is 0 Å². The van der Waals surface area contributed by atoms with Gasteiger partial charge in [-0.1, -0.05) is 140 Å². The van der Waals surface area contributed by atoms with Crippen molar-refractivity contribution in [2.75, 3.05) is 0 Å². The summed E-state index contributed by atoms with van der Waals surface area (Å²) in [7, 11) is 0. The molecule has 50 heavy (non-hydrogen) atoms. The Morgan fingerprint density at radius 3 is 1.80 bits per heavy atom. The van der Waals surface area contributed by atoms with Crippen LogP contribution in [0.15, 0.2) is 168 Å². The number of hydrogen-bond donors (Lipinski definition) is 0. The molecule has 0 amide bonds. The van der Waals surface area contributed by atoms with Gasteiger partial charge in [-0.15, -0.1) is 11.3 Å². The average Bonchev–Trinajstić information content (AvgIpc) is 3.77. The Balaban J connectivity index is 1.16. The van der Waals surface area contributed by atoms with E-state index in [4.69, 9.17) is 19.4 Å². The number of furan rings is 1. The molecule has 0 spiro atoms. The first-order valence-electron chi connectivity index (χ1n) is 16.6. The number of para-hydroxylation sites is 2. The molecule has 10 rings (SSSR count). The van der Waals surface area contributed by atoms with E-state index in [2.05, 4.69) is 127 Å². The molecular formula is C45H27N3OS. The van der Waals surface area contributed by atoms with Crippen LogP contribution < -0.4 is 0 Å². The fraction of sp³-hybridized carbons (Fsp3) is 0. The van der Waals surface area contributed by atoms with E-state index < -0.39 is 0 Å². The number of aromatic nitrogens is 3. The summed E-state index contributed by atoms with van der Waals surface area (Å²) in [6.07, 6.45) is 0. The van der Waals surface area contributed by atoms with Crippen molar-refractivity contribution in [1.82, 2.24) is 15.0 Å². The summed E-state index contributed by atoms with van der Waals surface area (Å²) in [4.78, 5) is 15.3. The first kappa shape index (κ1) is 28.6. The highest BCUT2D eigenvalue weighted by Gasteiger charge is 2.19. The Hall–Kier alpha value is -6.43. The molecule has 0 saturated heterocycles. The molecule has 0 unspecified atom stereocenters. The van der Waals surface area contributed by atoms with Gasteiger partial charge in [-0.3, -0.25) is 0 Å². The van der Waals surface area contributed by atoms with E-state index in [1.165, 1.54) is 36.9 Å². The number of nitrogens with zero attached hydrogens (tertiary/aromatic N) is 3. The van der Waals surface area contributed by atoms with Crippen LogP contribution in [0.4, 0.5) is 0 Å². The molecule has 234 valence electrons. The Labute approximate surface area is 292 Å². The van der Waals surface area contributed by atoms with Gasteiger partial charge < -0.3 is 4.42 Å². The summed E-state index contributed by atoms with van der Waals surface area (Å²) < 4.78 is 8.88. The van der Waals surface area contributed by atoms with Crippen LogP contribution in [0, 0.1) is 0 Å². The monoisotopic (exact) mass is 657 g/mol. The molecule has 0 N–H and O–H groups in total. The third-order valence-corrected chi connectivity index (χ3v) is 10.5. The van der Waals surface area contributed by atoms with Gasteiger partial charge in [-0.05, 0) is 46.5 Å². The van der Waals surface area contributed by atoms with Gasteiger partial charge in [0.1, 0.15) is 11.2 Å². The molecule has 0 atom stereocenters. The fourth-order valence-corrected chi connectivity index (χ4v) is 8.11. The van der Waals surface area contributed by atoms with Crippen molar-refractivity contribution in [2.45, 2.75) is 0 Å². The van der Waals surface area contributed by atoms with Crippen molar-refractivity contribution in [1.29, 1.82) is 0 Å². The molecule has 3 aromatic heterocycles. The highest BCUT2D eigenvalue weighted by atomic mass is 32.1. The number of fused-ring (bicyclic) bond motifs is 6. The predicted molar refractivity (Wildman–Crippen MR) is 207 cm³/mol. The lowest BCUT2D eigenvalue weighted by molar-refractivity contribution is 0.669. The van der Waals surface area contributed by atoms with Crippen molar-refractivity contribution in [3.8, 4) is 56.4 Å². The van der Waals surface area contributed by atoms with Gasteiger partial charge in [0.05, 0.1) is 5.56 Å². The van der Waals surface area contributed by atoms with Crippen molar-refractivity contribution < 1.29 is 4.42 Å². The Morgan fingerprint density at radius 2 is 0.980 bits per heavy atom. The van der Waals surface area contributed by atoms with E-state index in [-0.39, 0.29) is 0 Å². The predicted octanol–water partition coefficient (Wildman–Crippen LogP) is 12.5. The number of benzene rings is 7. The van der Waals surface area contributed by atoms with Crippen molar-refractivity contribution in [2.24, 2.45) is 0 Å². The molecule has 0 saturated carbocycles. The van der Waals surface area contributed by atoms with Gasteiger partial charge in [0.15, 0.2) is 17.5 Å². The minimum Gasteiger partial charge on any atom is -0.455 e. The minimum atomic E-state index is 0.574. The topological polar surface area (TPSA) is 51.8 Å². The second-order valence-corrected chi connectivity index (χ2v) is 13.5. The highest BCUT2D eigenvalue weighted by Crippen LogP contribution is 2.42. The minimum absolute atomic E-state index is 0.574. The third-order valence-electron chi connectivity index (χ3n) is 9.37. The van der Waals surface area contributed by atoms with E-state index in [1.807, 2.05) is 36.4 Å². The molecule has 0 fully saturated rings. The smallest absolute Gasteiger partial charge is 0.167 e. The molecule has 0 aliphatic heterocycles. The zero-order chi connectivity index (χ0) is 33.0. The van der Waals surface area contributed by atoms with Crippen molar-refractivity contribution in [3.63, 3.8) is 0 Å². The first-order valence-corrected chi connectivity index (χ1v) is 17.4. The van der Waals surface area contributed by atoms with Gasteiger partial charge in [-0.25, -0.2) is 15.0 Å². The van der Waals surface area contributed by atoms with Crippen LogP contribution in [0.3, 0.4) is 0 Å². The lowest BCUT2D eigenvalue weighted by Crippen LogP contribution is -2.00. The molecule has 0 radical (unpaired) electrons. The van der Waals surface area contributed by atoms with Crippen LogP contribution in [0.2, 0.25) is 0 Å². The summed E-state index contributed by atoms with van der Waals surface area (Å²) in [6.45, 7) is 0. The lowest BCUT2D eigenvalue weighted by atomic mass is 9.99. The summed E-state index contributed by atoms with van der Waals surface area (Å²) in [5.41, 5.74) is 9.06. The molecule has 5 heteroatoms. The first-order chi connectivity index (χ1) is 24.8. The fourth-order valence-electron chi connectivity index (χ4n) is 6.94. The van der Waals surface area contributed by atoms with Crippen molar-refractivity contribution in [3.05, 3.63) is 164 Å². The average molecular weight is 658 g/mol. The highest BCUT2D eigenvalue weighted by molar-refractivity contribution is 7.26. The SMILES string of the molecule is c1ccc(-c2ccc(-c3nc(-c4ccc5c(c4)sc4cccc(-c6ccccc6)c45)nc(-c4cccc5c4oc4ccccc45)n3)cc2)cc1. The van der Waals surface area contributed by atoms with Gasteiger partial charge in [0.25, 0.3) is 0 Å². The second kappa shape index (κ2) is 11.6. The zero-order valence-corrected chi connectivity index (χ0v) is 27.6. The summed E-state index contributed by atoms with van der Waals surface area (Å²) >= 11 is 1.80. The van der Waals surface area contributed by atoms with Crippen LogP contribution in [0.5, 0.6) is 0 Å². The standard InChI is InChI=1S/C45H27N3OS/c1-3-11-28(12-4-1)29-21-23-31(24-22-29)43-46-44(48-45(47-43)37-18-9-17-35-34-15-7-8-19-38(34)49-42(35)37)32-25-26-36-40(27-32)50-39-20-10-16-33(41(36)39)30-13-5-2-6-14-30/h1-27H. The normalized spacial score (nSPS) is 11.6. The number of hydrogen-bond acceptors (Lipinski definition) is 5. The van der Waals surface area contributed by atoms with Crippen LogP contribution in [-0.2, 0) is 0 Å². The molecule has 3 heterocycles. The quantitative estimate of drug-likeness (QED) is 0.185. The zero-order valence-electron chi connectivity index (χ0n) is 26.7. The maximum absolute atomic E-state index is 6.43. The lowest BCUT2D eigenvalue weighted by Gasteiger charge is -2.10. The maximum Gasteiger partial charge on any atom is 0.167 e. The molecule has 7 aromatic carbocycles. The van der Waals surface area contributed by atoms with Crippen molar-refractivity contribution >= 4 is 53.4 Å². The third kappa shape index (κ3) is 4.79. The molecular weight excluding hydrogens is 631 g/mol. The number of rotatable bonds is 5. The molecule has 0 aliphatic carbocycles. The summed E-state index contributed by atoms with van der Waals surface area (Å²) in [5.74, 6) is 1.80. The Morgan fingerprint density at radius 1 is 0.380 bits per heavy atom. The van der Waals surface area contributed by atoms with E-state index >= 15 is 0 Å². The second-order valence-electron chi connectivity index (χ2n) is 12.4. The van der Waals surface area contributed by atoms with E-state index in [1.54, 1.807) is 11.3 Å². The van der Waals surface area contributed by atoms with Gasteiger partial charge in [0.2, 0.25) is 0 Å². The Kier molecular flexibility index (Phi) is 6.64. The summed E-state index contributed by atoms with van der Waals surface area (Å²) in [5, 5.41) is 4.61. The van der Waals surface area contributed by atoms with E-state index in [0.29, 0.717) is 17.5 Å². The maximum atomic E-state index is 6.43. The van der Waals surface area contributed by atoms with Crippen LogP contribution in [0.1, 0.15) is 0 Å². The van der Waals surface area contributed by atoms with Crippen LogP contribution in [0.25, 0.3) is 98.5 Å². The summed E-state index contributed by atoms with van der Waals surface area (Å²) in [6, 6.07) is 56.9. The van der Waals surface area contributed by atoms with Crippen LogP contribution >= 0.6 is 11.3 Å². The van der Waals surface area contributed by atoms with Gasteiger partial charge in [0, 0.05) is 42.1 Å². The van der Waals surface area contributed by atoms with Crippen LogP contribution in [-0.4, -0.2) is 15.0 Å². The Bertz CT molecular complexity index is 2860. The molecule has 0 bridgehead atoms. The largest absolute Gasteiger partial charge is 0.455 e. The van der Waals surface area contributed by atoms with Gasteiger partial charge >= 0.3 is 0 Å². The van der Waals surface area contributed by atoms with Gasteiger partial charge in [-0.2, -0.15) is 0 Å². The molecule has 10 aromatic rings.